The third kappa shape index (κ3) is 2.40. The van der Waals surface area contributed by atoms with E-state index in [2.05, 4.69) is 39.2 Å². The smallest absolute Gasteiger partial charge is 0.0410 e. The van der Waals surface area contributed by atoms with Gasteiger partial charge in [0.15, 0.2) is 0 Å². The Balaban J connectivity index is 2.09. The Kier molecular flexibility index (Phi) is 3.12. The lowest BCUT2D eigenvalue weighted by Crippen LogP contribution is -2.33. The van der Waals surface area contributed by atoms with Gasteiger partial charge in [-0.05, 0) is 66.2 Å². The maximum atomic E-state index is 4.21. The quantitative estimate of drug-likeness (QED) is 0.909. The first-order chi connectivity index (χ1) is 7.16. The van der Waals surface area contributed by atoms with Crippen molar-refractivity contribution < 1.29 is 0 Å². The Morgan fingerprint density at radius 3 is 2.80 bits per heavy atom. The minimum atomic E-state index is 0.483. The highest BCUT2D eigenvalue weighted by Gasteiger charge is 2.46. The molecular formula is C12H17BrN2. The lowest BCUT2D eigenvalue weighted by molar-refractivity contribution is 0.369. The van der Waals surface area contributed by atoms with Crippen LogP contribution in [0.4, 0.5) is 0 Å². The van der Waals surface area contributed by atoms with Crippen LogP contribution in [0, 0.1) is 5.41 Å². The topological polar surface area (TPSA) is 24.9 Å². The van der Waals surface area contributed by atoms with Crippen molar-refractivity contribution >= 4 is 15.9 Å². The first-order valence-corrected chi connectivity index (χ1v) is 6.22. The summed E-state index contributed by atoms with van der Waals surface area (Å²) in [5.74, 6) is 0. The van der Waals surface area contributed by atoms with Crippen molar-refractivity contribution in [3.63, 3.8) is 0 Å². The minimum Gasteiger partial charge on any atom is -0.317 e. The fraction of sp³-hybridized carbons (Fsp3) is 0.583. The molecule has 1 atom stereocenters. The highest BCUT2D eigenvalue weighted by molar-refractivity contribution is 9.10. The van der Waals surface area contributed by atoms with E-state index in [4.69, 9.17) is 0 Å². The zero-order valence-corrected chi connectivity index (χ0v) is 10.8. The molecule has 0 aliphatic heterocycles. The van der Waals surface area contributed by atoms with Gasteiger partial charge in [0.05, 0.1) is 0 Å². The molecule has 1 unspecified atom stereocenters. The van der Waals surface area contributed by atoms with Crippen molar-refractivity contribution in [1.82, 2.24) is 10.3 Å². The predicted octanol–water partition coefficient (Wildman–Crippen LogP) is 2.77. The van der Waals surface area contributed by atoms with Crippen LogP contribution in [0.1, 0.15) is 25.3 Å². The molecule has 0 amide bonds. The number of halogens is 1. The van der Waals surface area contributed by atoms with Crippen LogP contribution in [-0.2, 0) is 6.42 Å². The van der Waals surface area contributed by atoms with Gasteiger partial charge in [-0.15, -0.1) is 0 Å². The minimum absolute atomic E-state index is 0.483. The van der Waals surface area contributed by atoms with Crippen molar-refractivity contribution in [3.8, 4) is 0 Å². The summed E-state index contributed by atoms with van der Waals surface area (Å²) < 4.78 is 1.08. The molecule has 3 heteroatoms. The Morgan fingerprint density at radius 2 is 2.27 bits per heavy atom. The Hall–Kier alpha value is -0.410. The molecule has 1 aliphatic rings. The molecule has 1 aromatic heterocycles. The zero-order chi connectivity index (χ0) is 10.9. The molecule has 1 saturated carbocycles. The molecule has 0 radical (unpaired) electrons. The summed E-state index contributed by atoms with van der Waals surface area (Å²) in [7, 11) is 2.05. The molecule has 0 aromatic carbocycles. The summed E-state index contributed by atoms with van der Waals surface area (Å²) in [6.07, 6.45) is 7.63. The van der Waals surface area contributed by atoms with Gasteiger partial charge in [-0.3, -0.25) is 4.98 Å². The van der Waals surface area contributed by atoms with E-state index in [1.54, 1.807) is 0 Å². The molecular weight excluding hydrogens is 252 g/mol. The lowest BCUT2D eigenvalue weighted by atomic mass is 9.90. The van der Waals surface area contributed by atoms with Gasteiger partial charge in [0, 0.05) is 22.9 Å². The summed E-state index contributed by atoms with van der Waals surface area (Å²) in [6.45, 7) is 2.28. The Labute approximate surface area is 99.6 Å². The van der Waals surface area contributed by atoms with E-state index in [0.717, 1.165) is 10.9 Å². The molecule has 1 fully saturated rings. The van der Waals surface area contributed by atoms with E-state index in [1.165, 1.54) is 18.4 Å². The van der Waals surface area contributed by atoms with Crippen LogP contribution in [0.15, 0.2) is 22.9 Å². The summed E-state index contributed by atoms with van der Waals surface area (Å²) in [6, 6.07) is 2.77. The number of hydrogen-bond donors (Lipinski definition) is 1. The molecule has 1 heterocycles. The monoisotopic (exact) mass is 268 g/mol. The zero-order valence-electron chi connectivity index (χ0n) is 9.26. The van der Waals surface area contributed by atoms with E-state index >= 15 is 0 Å². The average Bonchev–Trinajstić information content (AvgIpc) is 2.98. The van der Waals surface area contributed by atoms with E-state index < -0.39 is 0 Å². The molecule has 82 valence electrons. The van der Waals surface area contributed by atoms with Crippen molar-refractivity contribution in [2.45, 2.75) is 32.2 Å². The second-order valence-corrected chi connectivity index (χ2v) is 5.48. The highest BCUT2D eigenvalue weighted by atomic mass is 79.9. The second kappa shape index (κ2) is 4.22. The molecule has 0 spiro atoms. The molecule has 1 aliphatic carbocycles. The van der Waals surface area contributed by atoms with Crippen molar-refractivity contribution in [2.24, 2.45) is 5.41 Å². The number of nitrogens with one attached hydrogen (secondary N) is 1. The van der Waals surface area contributed by atoms with Crippen LogP contribution in [0.25, 0.3) is 0 Å². The molecule has 0 saturated heterocycles. The fourth-order valence-electron chi connectivity index (χ4n) is 2.19. The first-order valence-electron chi connectivity index (χ1n) is 5.43. The normalized spacial score (nSPS) is 19.9. The number of pyridine rings is 1. The van der Waals surface area contributed by atoms with E-state index in [-0.39, 0.29) is 0 Å². The van der Waals surface area contributed by atoms with E-state index in [9.17, 15) is 0 Å². The maximum absolute atomic E-state index is 4.21. The van der Waals surface area contributed by atoms with Crippen molar-refractivity contribution in [3.05, 3.63) is 28.5 Å². The number of rotatable bonds is 4. The van der Waals surface area contributed by atoms with Gasteiger partial charge in [-0.1, -0.05) is 0 Å². The third-order valence-electron chi connectivity index (χ3n) is 3.56. The Morgan fingerprint density at radius 1 is 1.53 bits per heavy atom. The maximum Gasteiger partial charge on any atom is 0.0410 e. The van der Waals surface area contributed by atoms with Gasteiger partial charge in [-0.2, -0.15) is 0 Å². The van der Waals surface area contributed by atoms with E-state index in [0.29, 0.717) is 11.5 Å². The van der Waals surface area contributed by atoms with Gasteiger partial charge in [0.1, 0.15) is 0 Å². The van der Waals surface area contributed by atoms with Gasteiger partial charge >= 0.3 is 0 Å². The van der Waals surface area contributed by atoms with Crippen molar-refractivity contribution in [1.29, 1.82) is 0 Å². The first kappa shape index (κ1) is 11.1. The van der Waals surface area contributed by atoms with Crippen LogP contribution in [0.3, 0.4) is 0 Å². The summed E-state index contributed by atoms with van der Waals surface area (Å²) in [5, 5.41) is 3.37. The van der Waals surface area contributed by atoms with E-state index in [1.807, 2.05) is 19.4 Å². The molecule has 2 rings (SSSR count). The SMILES string of the molecule is CNC(C)C1(Cc2cncc(Br)c2)CC1. The third-order valence-corrected chi connectivity index (χ3v) is 4.00. The average molecular weight is 269 g/mol. The van der Waals surface area contributed by atoms with Gasteiger partial charge in [-0.25, -0.2) is 0 Å². The molecule has 15 heavy (non-hydrogen) atoms. The van der Waals surface area contributed by atoms with Crippen LogP contribution >= 0.6 is 15.9 Å². The molecule has 0 bridgehead atoms. The van der Waals surface area contributed by atoms with Gasteiger partial charge < -0.3 is 5.32 Å². The largest absolute Gasteiger partial charge is 0.317 e. The van der Waals surface area contributed by atoms with Crippen LogP contribution in [0.2, 0.25) is 0 Å². The predicted molar refractivity (Wildman–Crippen MR) is 65.8 cm³/mol. The van der Waals surface area contributed by atoms with Crippen molar-refractivity contribution in [2.75, 3.05) is 7.05 Å². The highest BCUT2D eigenvalue weighted by Crippen LogP contribution is 2.51. The fourth-order valence-corrected chi connectivity index (χ4v) is 2.60. The van der Waals surface area contributed by atoms with Crippen LogP contribution < -0.4 is 5.32 Å². The molecule has 2 nitrogen and oxygen atoms in total. The number of nitrogens with zero attached hydrogens (tertiary/aromatic N) is 1. The summed E-state index contributed by atoms with van der Waals surface area (Å²) in [5.41, 5.74) is 1.82. The van der Waals surface area contributed by atoms with Gasteiger partial charge in [0.25, 0.3) is 0 Å². The summed E-state index contributed by atoms with van der Waals surface area (Å²) in [4.78, 5) is 4.21. The number of aromatic nitrogens is 1. The molecule has 1 aromatic rings. The summed E-state index contributed by atoms with van der Waals surface area (Å²) >= 11 is 3.47. The number of hydrogen-bond acceptors (Lipinski definition) is 2. The second-order valence-electron chi connectivity index (χ2n) is 4.56. The van der Waals surface area contributed by atoms with Crippen LogP contribution in [-0.4, -0.2) is 18.1 Å². The lowest BCUT2D eigenvalue weighted by Gasteiger charge is -2.22. The standard InChI is InChI=1S/C12H17BrN2/c1-9(14-2)12(3-4-12)6-10-5-11(13)8-15-7-10/h5,7-9,14H,3-4,6H2,1-2H3. The Bertz CT molecular complexity index is 347. The van der Waals surface area contributed by atoms with Gasteiger partial charge in [0.2, 0.25) is 0 Å². The molecule has 1 N–H and O–H groups in total. The van der Waals surface area contributed by atoms with Crippen LogP contribution in [0.5, 0.6) is 0 Å².